The van der Waals surface area contributed by atoms with Crippen LogP contribution in [0.2, 0.25) is 0 Å². The number of aliphatic hydroxyl groups excluding tert-OH is 1. The van der Waals surface area contributed by atoms with Crippen LogP contribution >= 0.6 is 0 Å². The maximum Gasteiger partial charge on any atom is 0.620 e. The second-order valence-corrected chi connectivity index (χ2v) is 7.36. The van der Waals surface area contributed by atoms with Gasteiger partial charge in [-0.25, -0.2) is 9.59 Å². The van der Waals surface area contributed by atoms with Crippen LogP contribution in [0.4, 0.5) is 9.59 Å². The molecule has 34 heavy (non-hydrogen) atoms. The molecule has 1 heterocycles. The van der Waals surface area contributed by atoms with Gasteiger partial charge in [-0.1, -0.05) is 18.2 Å². The minimum atomic E-state index is -2.52. The summed E-state index contributed by atoms with van der Waals surface area (Å²) < 4.78 is 29.4. The Morgan fingerprint density at radius 2 is 1.76 bits per heavy atom. The predicted octanol–water partition coefficient (Wildman–Crippen LogP) is 2.76. The van der Waals surface area contributed by atoms with E-state index in [4.69, 9.17) is 24.2 Å². The lowest BCUT2D eigenvalue weighted by molar-refractivity contribution is -0.384. The Morgan fingerprint density at radius 3 is 2.41 bits per heavy atom. The monoisotopic (exact) mass is 472 g/mol. The molecular formula is C23H24N2O9. The lowest BCUT2D eigenvalue weighted by atomic mass is 10.0. The van der Waals surface area contributed by atoms with Crippen LogP contribution in [0.15, 0.2) is 42.5 Å². The average molecular weight is 472 g/mol. The van der Waals surface area contributed by atoms with Crippen LogP contribution in [0, 0.1) is 11.3 Å². The van der Waals surface area contributed by atoms with Gasteiger partial charge in [0.1, 0.15) is 0 Å². The highest BCUT2D eigenvalue weighted by Crippen LogP contribution is 2.41. The average Bonchev–Trinajstić information content (AvgIpc) is 3.18. The molecule has 0 spiro atoms. The molecule has 2 atom stereocenters. The Kier molecular flexibility index (Phi) is 7.78. The number of methoxy groups -OCH3 is 2. The summed E-state index contributed by atoms with van der Waals surface area (Å²) in [6, 6.07) is 13.8. The number of hydrogen-bond donors (Lipinski definition) is 2. The molecule has 11 heteroatoms. The quantitative estimate of drug-likeness (QED) is 0.432. The van der Waals surface area contributed by atoms with E-state index in [0.717, 1.165) is 19.8 Å². The molecule has 11 nitrogen and oxygen atoms in total. The van der Waals surface area contributed by atoms with E-state index in [-0.39, 0.29) is 24.1 Å². The van der Waals surface area contributed by atoms with Crippen molar-refractivity contribution >= 4 is 12.3 Å². The van der Waals surface area contributed by atoms with Gasteiger partial charge in [0.2, 0.25) is 0 Å². The third-order valence-electron chi connectivity index (χ3n) is 4.83. The molecule has 0 aliphatic carbocycles. The van der Waals surface area contributed by atoms with Crippen molar-refractivity contribution in [2.75, 3.05) is 20.8 Å². The number of rotatable bonds is 8. The van der Waals surface area contributed by atoms with Crippen LogP contribution in [0.3, 0.4) is 0 Å². The van der Waals surface area contributed by atoms with Crippen molar-refractivity contribution in [1.29, 1.82) is 5.26 Å². The zero-order chi connectivity index (χ0) is 24.7. The maximum atomic E-state index is 11.6. The molecule has 0 saturated heterocycles. The summed E-state index contributed by atoms with van der Waals surface area (Å²) in [7, 11) is 2.14. The van der Waals surface area contributed by atoms with Gasteiger partial charge in [0, 0.05) is 12.6 Å². The van der Waals surface area contributed by atoms with Gasteiger partial charge in [0.05, 0.1) is 32.0 Å². The predicted molar refractivity (Wildman–Crippen MR) is 115 cm³/mol. The maximum absolute atomic E-state index is 11.6. The van der Waals surface area contributed by atoms with Gasteiger partial charge in [-0.2, -0.15) is 5.26 Å². The van der Waals surface area contributed by atoms with Crippen molar-refractivity contribution < 1.29 is 43.1 Å². The van der Waals surface area contributed by atoms with Crippen molar-refractivity contribution in [2.24, 2.45) is 0 Å². The zero-order valence-corrected chi connectivity index (χ0v) is 18.8. The molecule has 2 aromatic carbocycles. The molecule has 1 aliphatic heterocycles. The van der Waals surface area contributed by atoms with Crippen LogP contribution in [-0.4, -0.2) is 50.4 Å². The summed E-state index contributed by atoms with van der Waals surface area (Å²) in [6.45, 7) is 2.22. The first-order valence-electron chi connectivity index (χ1n) is 10.2. The number of ether oxygens (including phenoxy) is 6. The normalized spacial score (nSPS) is 14.9. The second kappa shape index (κ2) is 10.7. The van der Waals surface area contributed by atoms with Gasteiger partial charge < -0.3 is 38.8 Å². The van der Waals surface area contributed by atoms with Crippen LogP contribution in [0.1, 0.15) is 29.7 Å². The van der Waals surface area contributed by atoms with Crippen molar-refractivity contribution in [3.05, 3.63) is 59.2 Å². The highest BCUT2D eigenvalue weighted by molar-refractivity contribution is 5.63. The Bertz CT molecular complexity index is 1060. The summed E-state index contributed by atoms with van der Waals surface area (Å²) in [5.74, 6) is 0.343. The standard InChI is InChI=1S/C23H24N2O9/c1-14(25-13-18(26)17-6-4-5-16(10-17)12-24)9-15-7-8-19-20(11-15)32-23(31-19,33-21(27)29-2)34-22(28)30-3/h4-8,10-11,14,18,25-26H,9,13H2,1-3H3. The largest absolute Gasteiger partial charge is 0.620 e. The molecule has 0 amide bonds. The lowest BCUT2D eigenvalue weighted by Gasteiger charge is -2.22. The number of hydrogen-bond acceptors (Lipinski definition) is 11. The molecule has 2 unspecified atom stereocenters. The summed E-state index contributed by atoms with van der Waals surface area (Å²) in [6.07, 6.45) is -5.15. The van der Waals surface area contributed by atoms with Crippen molar-refractivity contribution in [1.82, 2.24) is 5.32 Å². The van der Waals surface area contributed by atoms with E-state index in [0.29, 0.717) is 17.5 Å². The number of fused-ring (bicyclic) bond motifs is 1. The van der Waals surface area contributed by atoms with Crippen LogP contribution in [-0.2, 0) is 25.4 Å². The molecule has 180 valence electrons. The number of nitrogens with one attached hydrogen (secondary N) is 1. The topological polar surface area (TPSA) is 146 Å². The Labute approximate surface area is 195 Å². The van der Waals surface area contributed by atoms with E-state index in [1.165, 1.54) is 0 Å². The molecule has 0 saturated carbocycles. The van der Waals surface area contributed by atoms with Crippen molar-refractivity contribution in [3.63, 3.8) is 0 Å². The molecule has 0 radical (unpaired) electrons. The SMILES string of the molecule is COC(=O)OC1(OC(=O)OC)Oc2ccc(CC(C)NCC(O)c3cccc(C#N)c3)cc2O1. The number of nitriles is 1. The minimum absolute atomic E-state index is 0.0448. The van der Waals surface area contributed by atoms with Crippen LogP contribution in [0.5, 0.6) is 11.5 Å². The Morgan fingerprint density at radius 1 is 1.09 bits per heavy atom. The van der Waals surface area contributed by atoms with Crippen LogP contribution in [0.25, 0.3) is 0 Å². The van der Waals surface area contributed by atoms with E-state index < -0.39 is 24.6 Å². The van der Waals surface area contributed by atoms with Crippen molar-refractivity contribution in [3.8, 4) is 17.6 Å². The molecular weight excluding hydrogens is 448 g/mol. The summed E-state index contributed by atoms with van der Waals surface area (Å²) in [4.78, 5) is 23.2. The number of aliphatic hydroxyl groups is 1. The fourth-order valence-corrected chi connectivity index (χ4v) is 3.20. The molecule has 2 N–H and O–H groups in total. The highest BCUT2D eigenvalue weighted by Gasteiger charge is 2.53. The highest BCUT2D eigenvalue weighted by atomic mass is 17.1. The molecule has 3 rings (SSSR count). The van der Waals surface area contributed by atoms with E-state index in [9.17, 15) is 14.7 Å². The fraction of sp³-hybridized carbons (Fsp3) is 0.348. The van der Waals surface area contributed by atoms with Crippen LogP contribution < -0.4 is 14.8 Å². The summed E-state index contributed by atoms with van der Waals surface area (Å²) in [5.41, 5.74) is 1.96. The van der Waals surface area contributed by atoms with Crippen molar-refractivity contribution in [2.45, 2.75) is 31.6 Å². The van der Waals surface area contributed by atoms with E-state index in [1.807, 2.05) is 6.92 Å². The number of carbonyl (C=O) groups excluding carboxylic acids is 2. The van der Waals surface area contributed by atoms with Gasteiger partial charge in [0.25, 0.3) is 0 Å². The third-order valence-corrected chi connectivity index (χ3v) is 4.83. The Balaban J connectivity index is 1.62. The first-order valence-corrected chi connectivity index (χ1v) is 10.2. The lowest BCUT2D eigenvalue weighted by Crippen LogP contribution is -2.47. The fourth-order valence-electron chi connectivity index (χ4n) is 3.20. The van der Waals surface area contributed by atoms with E-state index in [1.54, 1.807) is 42.5 Å². The number of carbonyl (C=O) groups is 2. The third kappa shape index (κ3) is 6.06. The molecule has 0 fully saturated rings. The van der Waals surface area contributed by atoms with Gasteiger partial charge in [0.15, 0.2) is 11.5 Å². The van der Waals surface area contributed by atoms with E-state index in [2.05, 4.69) is 20.9 Å². The first kappa shape index (κ1) is 24.6. The molecule has 1 aliphatic rings. The zero-order valence-electron chi connectivity index (χ0n) is 18.8. The Hall–Kier alpha value is -4.01. The number of benzene rings is 2. The van der Waals surface area contributed by atoms with Gasteiger partial charge >= 0.3 is 18.5 Å². The van der Waals surface area contributed by atoms with E-state index >= 15 is 0 Å². The molecule has 0 bridgehead atoms. The second-order valence-electron chi connectivity index (χ2n) is 7.36. The van der Waals surface area contributed by atoms with Gasteiger partial charge in [-0.3, -0.25) is 0 Å². The minimum Gasteiger partial charge on any atom is -0.437 e. The molecule has 2 aromatic rings. The van der Waals surface area contributed by atoms with Gasteiger partial charge in [-0.15, -0.1) is 0 Å². The first-order chi connectivity index (χ1) is 16.3. The smallest absolute Gasteiger partial charge is 0.437 e. The molecule has 0 aromatic heterocycles. The van der Waals surface area contributed by atoms with Gasteiger partial charge in [-0.05, 0) is 48.7 Å². The summed E-state index contributed by atoms with van der Waals surface area (Å²) >= 11 is 0. The number of nitrogens with zero attached hydrogens (tertiary/aromatic N) is 1. The summed E-state index contributed by atoms with van der Waals surface area (Å²) in [5, 5.41) is 22.7.